The molecule has 4 nitrogen and oxygen atoms in total. The number of morpholine rings is 1. The molecule has 2 heterocycles. The van der Waals surface area contributed by atoms with Gasteiger partial charge in [-0.1, -0.05) is 54.6 Å². The Balaban J connectivity index is 1.58. The second-order valence-corrected chi connectivity index (χ2v) is 8.61. The number of nitrogens with one attached hydrogen (secondary N) is 1. The average Bonchev–Trinajstić information content (AvgIpc) is 2.80. The van der Waals surface area contributed by atoms with Crippen molar-refractivity contribution < 1.29 is 4.74 Å². The van der Waals surface area contributed by atoms with Crippen molar-refractivity contribution in [3.05, 3.63) is 93.8 Å². The van der Waals surface area contributed by atoms with Gasteiger partial charge in [0.15, 0.2) is 0 Å². The number of nitrogens with zero attached hydrogens (tertiary/aromatic N) is 1. The first-order chi connectivity index (χ1) is 15.6. The third-order valence-corrected chi connectivity index (χ3v) is 6.41. The zero-order chi connectivity index (χ0) is 22.1. The van der Waals surface area contributed by atoms with Gasteiger partial charge in [0.05, 0.1) is 13.2 Å². The van der Waals surface area contributed by atoms with Gasteiger partial charge in [-0.25, -0.2) is 0 Å². The monoisotopic (exact) mass is 424 g/mol. The Morgan fingerprint density at radius 1 is 0.906 bits per heavy atom. The molecule has 4 heteroatoms. The molecule has 1 aliphatic rings. The predicted molar refractivity (Wildman–Crippen MR) is 131 cm³/mol. The summed E-state index contributed by atoms with van der Waals surface area (Å²) in [5, 5.41) is 1.11. The van der Waals surface area contributed by atoms with E-state index in [0.717, 1.165) is 60.4 Å². The largest absolute Gasteiger partial charge is 0.379 e. The molecule has 32 heavy (non-hydrogen) atoms. The highest BCUT2D eigenvalue weighted by atomic mass is 16.5. The molecular formula is C28H28N2O2. The van der Waals surface area contributed by atoms with Crippen molar-refractivity contribution in [2.75, 3.05) is 26.3 Å². The van der Waals surface area contributed by atoms with Gasteiger partial charge < -0.3 is 9.72 Å². The maximum Gasteiger partial charge on any atom is 0.249 e. The summed E-state index contributed by atoms with van der Waals surface area (Å²) in [5.41, 5.74) is 8.97. The smallest absolute Gasteiger partial charge is 0.249 e. The van der Waals surface area contributed by atoms with Crippen molar-refractivity contribution in [3.8, 4) is 22.3 Å². The Bertz CT molecular complexity index is 1300. The van der Waals surface area contributed by atoms with Crippen LogP contribution in [0.15, 0.2) is 71.5 Å². The van der Waals surface area contributed by atoms with Gasteiger partial charge in [0.25, 0.3) is 0 Å². The minimum Gasteiger partial charge on any atom is -0.379 e. The molecule has 0 bridgehead atoms. The fourth-order valence-corrected chi connectivity index (χ4v) is 4.89. The number of rotatable bonds is 4. The lowest BCUT2D eigenvalue weighted by Gasteiger charge is -2.26. The summed E-state index contributed by atoms with van der Waals surface area (Å²) in [6, 6.07) is 22.9. The Hall–Kier alpha value is -3.21. The summed E-state index contributed by atoms with van der Waals surface area (Å²) in [6.45, 7) is 8.86. The SMILES string of the molecule is Cc1cc2[nH]c(=O)cc(-c3ccccc3)c2c(C)c1-c1ccc(CN2CCOCC2)cc1. The number of pyridine rings is 1. The second-order valence-electron chi connectivity index (χ2n) is 8.61. The number of aryl methyl sites for hydroxylation is 2. The lowest BCUT2D eigenvalue weighted by molar-refractivity contribution is 0.0342. The van der Waals surface area contributed by atoms with Crippen LogP contribution in [0.2, 0.25) is 0 Å². The highest BCUT2D eigenvalue weighted by Gasteiger charge is 2.16. The van der Waals surface area contributed by atoms with Gasteiger partial charge in [-0.15, -0.1) is 0 Å². The topological polar surface area (TPSA) is 45.3 Å². The van der Waals surface area contributed by atoms with E-state index in [2.05, 4.69) is 66.2 Å². The van der Waals surface area contributed by atoms with Gasteiger partial charge in [-0.2, -0.15) is 0 Å². The second kappa shape index (κ2) is 8.73. The normalized spacial score (nSPS) is 14.7. The number of ether oxygens (including phenoxy) is 1. The van der Waals surface area contributed by atoms with Crippen molar-refractivity contribution in [2.24, 2.45) is 0 Å². The zero-order valence-electron chi connectivity index (χ0n) is 18.7. The van der Waals surface area contributed by atoms with Crippen molar-refractivity contribution in [1.29, 1.82) is 0 Å². The molecule has 0 aliphatic carbocycles. The molecule has 3 aromatic carbocycles. The Kier molecular flexibility index (Phi) is 5.64. The summed E-state index contributed by atoms with van der Waals surface area (Å²) < 4.78 is 5.46. The van der Waals surface area contributed by atoms with E-state index in [1.165, 1.54) is 22.3 Å². The molecule has 1 fully saturated rings. The molecule has 1 aromatic heterocycles. The molecule has 0 unspecified atom stereocenters. The number of aromatic nitrogens is 1. The van der Waals surface area contributed by atoms with Gasteiger partial charge >= 0.3 is 0 Å². The Labute approximate surface area is 188 Å². The maximum absolute atomic E-state index is 12.4. The molecule has 4 aromatic rings. The van der Waals surface area contributed by atoms with Gasteiger partial charge in [0.2, 0.25) is 5.56 Å². The van der Waals surface area contributed by atoms with E-state index in [-0.39, 0.29) is 5.56 Å². The molecule has 0 amide bonds. The van der Waals surface area contributed by atoms with Crippen LogP contribution in [0.5, 0.6) is 0 Å². The number of hydrogen-bond acceptors (Lipinski definition) is 3. The summed E-state index contributed by atoms with van der Waals surface area (Å²) in [4.78, 5) is 17.9. The van der Waals surface area contributed by atoms with E-state index >= 15 is 0 Å². The Morgan fingerprint density at radius 2 is 1.62 bits per heavy atom. The van der Waals surface area contributed by atoms with Crippen molar-refractivity contribution in [2.45, 2.75) is 20.4 Å². The molecule has 0 radical (unpaired) electrons. The number of benzene rings is 3. The molecule has 1 aliphatic heterocycles. The molecular weight excluding hydrogens is 396 g/mol. The third-order valence-electron chi connectivity index (χ3n) is 6.41. The fraction of sp³-hybridized carbons (Fsp3) is 0.250. The van der Waals surface area contributed by atoms with E-state index in [1.54, 1.807) is 6.07 Å². The van der Waals surface area contributed by atoms with Crippen molar-refractivity contribution in [1.82, 2.24) is 9.88 Å². The number of fused-ring (bicyclic) bond motifs is 1. The number of aromatic amines is 1. The molecule has 0 spiro atoms. The number of hydrogen-bond donors (Lipinski definition) is 1. The average molecular weight is 425 g/mol. The van der Waals surface area contributed by atoms with Crippen LogP contribution in [0.25, 0.3) is 33.2 Å². The van der Waals surface area contributed by atoms with Crippen LogP contribution in [-0.2, 0) is 11.3 Å². The third kappa shape index (κ3) is 3.99. The van der Waals surface area contributed by atoms with Crippen LogP contribution in [0.4, 0.5) is 0 Å². The van der Waals surface area contributed by atoms with E-state index in [9.17, 15) is 4.79 Å². The standard InChI is InChI=1S/C28H28N2O2/c1-19-16-25-28(24(17-26(31)29-25)22-6-4-3-5-7-22)20(2)27(19)23-10-8-21(9-11-23)18-30-12-14-32-15-13-30/h3-11,16-17H,12-15,18H2,1-2H3,(H,29,31). The first-order valence-electron chi connectivity index (χ1n) is 11.2. The molecule has 1 saturated heterocycles. The summed E-state index contributed by atoms with van der Waals surface area (Å²) in [6.07, 6.45) is 0. The number of H-pyrrole nitrogens is 1. The van der Waals surface area contributed by atoms with Crippen LogP contribution >= 0.6 is 0 Å². The van der Waals surface area contributed by atoms with Crippen LogP contribution in [0.1, 0.15) is 16.7 Å². The molecule has 1 N–H and O–H groups in total. The summed E-state index contributed by atoms with van der Waals surface area (Å²) in [5.74, 6) is 0. The summed E-state index contributed by atoms with van der Waals surface area (Å²) >= 11 is 0. The highest BCUT2D eigenvalue weighted by Crippen LogP contribution is 2.37. The molecule has 162 valence electrons. The van der Waals surface area contributed by atoms with Crippen LogP contribution in [0.3, 0.4) is 0 Å². The van der Waals surface area contributed by atoms with Crippen LogP contribution in [0, 0.1) is 13.8 Å². The lowest BCUT2D eigenvalue weighted by atomic mass is 9.89. The molecule has 0 atom stereocenters. The van der Waals surface area contributed by atoms with Crippen LogP contribution in [-0.4, -0.2) is 36.2 Å². The molecule has 5 rings (SSSR count). The first-order valence-corrected chi connectivity index (χ1v) is 11.2. The van der Waals surface area contributed by atoms with Gasteiger partial charge in [0, 0.05) is 36.6 Å². The summed E-state index contributed by atoms with van der Waals surface area (Å²) in [7, 11) is 0. The predicted octanol–water partition coefficient (Wildman–Crippen LogP) is 5.31. The first kappa shape index (κ1) is 20.7. The van der Waals surface area contributed by atoms with Crippen LogP contribution < -0.4 is 5.56 Å². The van der Waals surface area contributed by atoms with Gasteiger partial charge in [0.1, 0.15) is 0 Å². The van der Waals surface area contributed by atoms with E-state index in [4.69, 9.17) is 4.74 Å². The van der Waals surface area contributed by atoms with E-state index in [0.29, 0.717) is 0 Å². The van der Waals surface area contributed by atoms with Gasteiger partial charge in [-0.05, 0) is 58.9 Å². The minimum atomic E-state index is -0.0737. The van der Waals surface area contributed by atoms with Crippen molar-refractivity contribution >= 4 is 10.9 Å². The lowest BCUT2D eigenvalue weighted by Crippen LogP contribution is -2.35. The van der Waals surface area contributed by atoms with Crippen molar-refractivity contribution in [3.63, 3.8) is 0 Å². The van der Waals surface area contributed by atoms with E-state index < -0.39 is 0 Å². The van der Waals surface area contributed by atoms with E-state index in [1.807, 2.05) is 18.2 Å². The quantitative estimate of drug-likeness (QED) is 0.483. The molecule has 0 saturated carbocycles. The maximum atomic E-state index is 12.4. The minimum absolute atomic E-state index is 0.0737. The zero-order valence-corrected chi connectivity index (χ0v) is 18.7. The Morgan fingerprint density at radius 3 is 2.34 bits per heavy atom. The fourth-order valence-electron chi connectivity index (χ4n) is 4.89. The highest BCUT2D eigenvalue weighted by molar-refractivity contribution is 6.01. The van der Waals surface area contributed by atoms with Gasteiger partial charge in [-0.3, -0.25) is 9.69 Å².